The van der Waals surface area contributed by atoms with Gasteiger partial charge in [-0.3, -0.25) is 4.79 Å². The Balaban J connectivity index is 1.15. The summed E-state index contributed by atoms with van der Waals surface area (Å²) in [6, 6.07) is 8.57. The average molecular weight is 412 g/mol. The SMILES string of the molecule is Cc1ccc(-c2nnc(N3CCC(C(=O)N4CCC5(CC4)OCCO5)CC3)o2)cc1. The normalized spacial score (nSPS) is 22.0. The van der Waals surface area contributed by atoms with Crippen LogP contribution in [0, 0.1) is 12.8 Å². The lowest BCUT2D eigenvalue weighted by Crippen LogP contribution is -2.50. The van der Waals surface area contributed by atoms with Crippen molar-refractivity contribution in [1.29, 1.82) is 0 Å². The third-order valence-corrected chi connectivity index (χ3v) is 6.48. The number of ether oxygens (including phenoxy) is 2. The van der Waals surface area contributed by atoms with Gasteiger partial charge in [-0.15, -0.1) is 5.10 Å². The molecule has 160 valence electrons. The number of hydrogen-bond acceptors (Lipinski definition) is 7. The van der Waals surface area contributed by atoms with Gasteiger partial charge in [0.1, 0.15) is 0 Å². The molecule has 0 N–H and O–H groups in total. The van der Waals surface area contributed by atoms with Gasteiger partial charge in [0.05, 0.1) is 13.2 Å². The van der Waals surface area contributed by atoms with Crippen LogP contribution in [0.4, 0.5) is 6.01 Å². The Morgan fingerprint density at radius 3 is 2.33 bits per heavy atom. The largest absolute Gasteiger partial charge is 0.403 e. The minimum Gasteiger partial charge on any atom is -0.403 e. The molecule has 0 aliphatic carbocycles. The second-order valence-corrected chi connectivity index (χ2v) is 8.45. The molecule has 1 amide bonds. The number of likely N-dealkylation sites (tertiary alicyclic amines) is 1. The number of amides is 1. The molecule has 8 nitrogen and oxygen atoms in total. The molecule has 5 rings (SSSR count). The van der Waals surface area contributed by atoms with Crippen LogP contribution in [-0.4, -0.2) is 66.2 Å². The number of benzene rings is 1. The summed E-state index contributed by atoms with van der Waals surface area (Å²) in [7, 11) is 0. The summed E-state index contributed by atoms with van der Waals surface area (Å²) in [5.41, 5.74) is 2.11. The fourth-order valence-electron chi connectivity index (χ4n) is 4.59. The van der Waals surface area contributed by atoms with Crippen molar-refractivity contribution in [1.82, 2.24) is 15.1 Å². The predicted octanol–water partition coefficient (Wildman–Crippen LogP) is 2.63. The third kappa shape index (κ3) is 3.81. The Kier molecular flexibility index (Phi) is 5.20. The molecule has 3 aliphatic rings. The maximum Gasteiger partial charge on any atom is 0.318 e. The highest BCUT2D eigenvalue weighted by Crippen LogP contribution is 2.33. The summed E-state index contributed by atoms with van der Waals surface area (Å²) >= 11 is 0. The van der Waals surface area contributed by atoms with Crippen LogP contribution >= 0.6 is 0 Å². The average Bonchev–Trinajstić information content (AvgIpc) is 3.45. The zero-order chi connectivity index (χ0) is 20.6. The summed E-state index contributed by atoms with van der Waals surface area (Å²) in [6.45, 7) is 6.28. The molecule has 8 heteroatoms. The van der Waals surface area contributed by atoms with Gasteiger partial charge in [0.25, 0.3) is 0 Å². The van der Waals surface area contributed by atoms with Gasteiger partial charge in [0.15, 0.2) is 5.79 Å². The first-order valence-electron chi connectivity index (χ1n) is 10.8. The maximum atomic E-state index is 13.0. The third-order valence-electron chi connectivity index (χ3n) is 6.48. The molecular formula is C22H28N4O4. The van der Waals surface area contributed by atoms with Crippen LogP contribution in [0.5, 0.6) is 0 Å². The maximum absolute atomic E-state index is 13.0. The van der Waals surface area contributed by atoms with E-state index in [1.54, 1.807) is 0 Å². The van der Waals surface area contributed by atoms with Crippen LogP contribution in [0.3, 0.4) is 0 Å². The minimum absolute atomic E-state index is 0.0557. The van der Waals surface area contributed by atoms with E-state index in [0.29, 0.717) is 38.2 Å². The van der Waals surface area contributed by atoms with Crippen LogP contribution in [0.15, 0.2) is 28.7 Å². The van der Waals surface area contributed by atoms with Gasteiger partial charge in [-0.05, 0) is 31.9 Å². The van der Waals surface area contributed by atoms with E-state index in [-0.39, 0.29) is 11.8 Å². The second kappa shape index (κ2) is 8.00. The van der Waals surface area contributed by atoms with Gasteiger partial charge < -0.3 is 23.7 Å². The molecular weight excluding hydrogens is 384 g/mol. The molecule has 3 fully saturated rings. The van der Waals surface area contributed by atoms with Gasteiger partial charge in [0.2, 0.25) is 11.8 Å². The number of carbonyl (C=O) groups excluding carboxylic acids is 1. The highest BCUT2D eigenvalue weighted by Gasteiger charge is 2.42. The van der Waals surface area contributed by atoms with E-state index < -0.39 is 5.79 Å². The number of rotatable bonds is 3. The first kappa shape index (κ1) is 19.5. The van der Waals surface area contributed by atoms with E-state index >= 15 is 0 Å². The van der Waals surface area contributed by atoms with Crippen molar-refractivity contribution in [3.8, 4) is 11.5 Å². The van der Waals surface area contributed by atoms with E-state index in [1.807, 2.05) is 36.1 Å². The first-order chi connectivity index (χ1) is 14.6. The Labute approximate surface area is 176 Å². The summed E-state index contributed by atoms with van der Waals surface area (Å²) in [4.78, 5) is 17.1. The number of hydrogen-bond donors (Lipinski definition) is 0. The van der Waals surface area contributed by atoms with Crippen molar-refractivity contribution >= 4 is 11.9 Å². The van der Waals surface area contributed by atoms with Crippen LogP contribution in [0.1, 0.15) is 31.2 Å². The number of nitrogens with zero attached hydrogens (tertiary/aromatic N) is 4. The van der Waals surface area contributed by atoms with Crippen molar-refractivity contribution in [2.75, 3.05) is 44.3 Å². The van der Waals surface area contributed by atoms with E-state index in [1.165, 1.54) is 5.56 Å². The van der Waals surface area contributed by atoms with Gasteiger partial charge >= 0.3 is 6.01 Å². The number of aromatic nitrogens is 2. The van der Waals surface area contributed by atoms with Crippen molar-refractivity contribution in [3.05, 3.63) is 29.8 Å². The molecule has 0 unspecified atom stereocenters. The summed E-state index contributed by atoms with van der Waals surface area (Å²) in [5.74, 6) is 0.406. The fourth-order valence-corrected chi connectivity index (χ4v) is 4.59. The molecule has 0 bridgehead atoms. The first-order valence-corrected chi connectivity index (χ1v) is 10.8. The lowest BCUT2D eigenvalue weighted by molar-refractivity contribution is -0.188. The molecule has 30 heavy (non-hydrogen) atoms. The van der Waals surface area contributed by atoms with E-state index in [0.717, 1.165) is 44.3 Å². The smallest absolute Gasteiger partial charge is 0.318 e. The minimum atomic E-state index is -0.437. The van der Waals surface area contributed by atoms with Crippen molar-refractivity contribution < 1.29 is 18.7 Å². The molecule has 1 spiro atoms. The van der Waals surface area contributed by atoms with Crippen LogP contribution < -0.4 is 4.90 Å². The summed E-state index contributed by atoms with van der Waals surface area (Å²) < 4.78 is 17.4. The van der Waals surface area contributed by atoms with Gasteiger partial charge in [-0.2, -0.15) is 0 Å². The van der Waals surface area contributed by atoms with Crippen molar-refractivity contribution in [2.45, 2.75) is 38.4 Å². The van der Waals surface area contributed by atoms with Crippen molar-refractivity contribution in [3.63, 3.8) is 0 Å². The highest BCUT2D eigenvalue weighted by atomic mass is 16.7. The topological polar surface area (TPSA) is 80.9 Å². The van der Waals surface area contributed by atoms with Gasteiger partial charge in [-0.1, -0.05) is 22.8 Å². The Bertz CT molecular complexity index is 873. The predicted molar refractivity (Wildman–Crippen MR) is 110 cm³/mol. The van der Waals surface area contributed by atoms with Crippen LogP contribution in [0.2, 0.25) is 0 Å². The summed E-state index contributed by atoms with van der Waals surface area (Å²) in [6.07, 6.45) is 3.13. The summed E-state index contributed by atoms with van der Waals surface area (Å²) in [5, 5.41) is 8.42. The van der Waals surface area contributed by atoms with E-state index in [2.05, 4.69) is 15.1 Å². The zero-order valence-electron chi connectivity index (χ0n) is 17.4. The number of aryl methyl sites for hydroxylation is 1. The zero-order valence-corrected chi connectivity index (χ0v) is 17.4. The van der Waals surface area contributed by atoms with Gasteiger partial charge in [-0.25, -0.2) is 0 Å². The second-order valence-electron chi connectivity index (χ2n) is 8.45. The monoisotopic (exact) mass is 412 g/mol. The highest BCUT2D eigenvalue weighted by molar-refractivity contribution is 5.79. The van der Waals surface area contributed by atoms with Crippen LogP contribution in [-0.2, 0) is 14.3 Å². The number of carbonyl (C=O) groups is 1. The van der Waals surface area contributed by atoms with E-state index in [4.69, 9.17) is 13.9 Å². The Hall–Kier alpha value is -2.45. The number of piperidine rings is 2. The van der Waals surface area contributed by atoms with Crippen LogP contribution in [0.25, 0.3) is 11.5 Å². The molecule has 3 aliphatic heterocycles. The Morgan fingerprint density at radius 2 is 1.67 bits per heavy atom. The molecule has 0 saturated carbocycles. The molecule has 2 aromatic rings. The van der Waals surface area contributed by atoms with Crippen molar-refractivity contribution in [2.24, 2.45) is 5.92 Å². The molecule has 3 saturated heterocycles. The molecule has 4 heterocycles. The molecule has 0 radical (unpaired) electrons. The standard InChI is InChI=1S/C22H28N4O4/c1-16-2-4-17(5-3-16)19-23-24-21(30-19)26-10-6-18(7-11-26)20(27)25-12-8-22(9-13-25)28-14-15-29-22/h2-5,18H,6-15H2,1H3. The fraction of sp³-hybridized carbons (Fsp3) is 0.591. The number of anilines is 1. The van der Waals surface area contributed by atoms with E-state index in [9.17, 15) is 4.79 Å². The quantitative estimate of drug-likeness (QED) is 0.767. The lowest BCUT2D eigenvalue weighted by atomic mass is 9.93. The lowest BCUT2D eigenvalue weighted by Gasteiger charge is -2.40. The Morgan fingerprint density at radius 1 is 1.00 bits per heavy atom. The van der Waals surface area contributed by atoms with Gasteiger partial charge in [0, 0.05) is 50.5 Å². The molecule has 1 aromatic heterocycles. The molecule has 0 atom stereocenters. The molecule has 1 aromatic carbocycles.